The smallest absolute Gasteiger partial charge is 0.379 e. The van der Waals surface area contributed by atoms with Crippen LogP contribution in [0.3, 0.4) is 0 Å². The monoisotopic (exact) mass is 459 g/mol. The zero-order valence-electron chi connectivity index (χ0n) is 18.0. The number of nitrogens with zero attached hydrogens (tertiary/aromatic N) is 2. The number of rotatable bonds is 6. The lowest BCUT2D eigenvalue weighted by Crippen LogP contribution is -2.29. The summed E-state index contributed by atoms with van der Waals surface area (Å²) in [4.78, 5) is 46.5. The lowest BCUT2D eigenvalue weighted by molar-refractivity contribution is -0.0788. The van der Waals surface area contributed by atoms with Gasteiger partial charge in [-0.05, 0) is 55.0 Å². The summed E-state index contributed by atoms with van der Waals surface area (Å²) in [6, 6.07) is 16.1. The molecule has 8 nitrogen and oxygen atoms in total. The van der Waals surface area contributed by atoms with Crippen LogP contribution in [0.2, 0.25) is 0 Å². The Morgan fingerprint density at radius 2 is 1.82 bits per heavy atom. The van der Waals surface area contributed by atoms with Crippen molar-refractivity contribution in [2.75, 3.05) is 16.8 Å². The van der Waals surface area contributed by atoms with Crippen LogP contribution < -0.4 is 10.2 Å². The fraction of sp³-hybridized carbons (Fsp3) is 0.120. The molecule has 2 amide bonds. The van der Waals surface area contributed by atoms with E-state index in [2.05, 4.69) is 15.2 Å². The lowest BCUT2D eigenvalue weighted by atomic mass is 10.1. The van der Waals surface area contributed by atoms with E-state index in [4.69, 9.17) is 4.42 Å². The van der Waals surface area contributed by atoms with Gasteiger partial charge in [0.05, 0.1) is 27.9 Å². The fourth-order valence-electron chi connectivity index (χ4n) is 3.90. The number of hydrogen-bond acceptors (Lipinski definition) is 7. The number of benzene rings is 3. The first-order chi connectivity index (χ1) is 16.5. The molecular weight excluding hydrogens is 441 g/mol. The number of aromatic nitrogens is 1. The molecule has 0 atom stereocenters. The molecule has 0 saturated carbocycles. The molecule has 34 heavy (non-hydrogen) atoms. The Balaban J connectivity index is 1.58. The summed E-state index contributed by atoms with van der Waals surface area (Å²) < 4.78 is 18.3. The summed E-state index contributed by atoms with van der Waals surface area (Å²) in [6.45, 7) is 2.74. The summed E-state index contributed by atoms with van der Waals surface area (Å²) >= 11 is 0. The number of anilines is 2. The number of amides is 2. The standard InChI is InChI=1S/C25H18FN3O5/c1-2-11-27-19-10-8-15(13-18(19)22-28-20-5-3-4-6-21(20)33-22)29-23(30)16-9-7-14(25(32)34-26)12-17(16)24(29)31/h3-10,12-13,27H,2,11H2,1H3. The molecule has 1 N–H and O–H groups in total. The molecule has 0 unspecified atom stereocenters. The number of fused-ring (bicyclic) bond motifs is 2. The molecular formula is C25H18FN3O5. The van der Waals surface area contributed by atoms with Gasteiger partial charge >= 0.3 is 5.97 Å². The number of oxazole rings is 1. The van der Waals surface area contributed by atoms with Crippen molar-refractivity contribution in [1.82, 2.24) is 4.98 Å². The molecule has 0 spiro atoms. The average molecular weight is 459 g/mol. The van der Waals surface area contributed by atoms with Crippen molar-refractivity contribution in [2.45, 2.75) is 13.3 Å². The predicted octanol–water partition coefficient (Wildman–Crippen LogP) is 5.16. The van der Waals surface area contributed by atoms with E-state index in [9.17, 15) is 18.9 Å². The van der Waals surface area contributed by atoms with Crippen molar-refractivity contribution < 1.29 is 28.3 Å². The van der Waals surface area contributed by atoms with E-state index >= 15 is 0 Å². The minimum atomic E-state index is -1.24. The average Bonchev–Trinajstić information content (AvgIpc) is 3.41. The molecule has 2 heterocycles. The molecule has 9 heteroatoms. The van der Waals surface area contributed by atoms with Crippen LogP contribution in [0, 0.1) is 0 Å². The van der Waals surface area contributed by atoms with Crippen molar-refractivity contribution >= 4 is 40.3 Å². The van der Waals surface area contributed by atoms with Gasteiger partial charge in [0.2, 0.25) is 5.89 Å². The quantitative estimate of drug-likeness (QED) is 0.398. The summed E-state index contributed by atoms with van der Waals surface area (Å²) in [6.07, 6.45) is 0.886. The summed E-state index contributed by atoms with van der Waals surface area (Å²) in [5.74, 6) is -2.10. The van der Waals surface area contributed by atoms with Crippen molar-refractivity contribution in [3.05, 3.63) is 77.4 Å². The SMILES string of the molecule is CCCNc1ccc(N2C(=O)c3ccc(C(=O)OF)cc3C2=O)cc1-c1nc2ccccc2o1. The van der Waals surface area contributed by atoms with Crippen LogP contribution in [0.15, 0.2) is 65.1 Å². The molecule has 3 aromatic carbocycles. The van der Waals surface area contributed by atoms with Gasteiger partial charge in [0.15, 0.2) is 5.58 Å². The molecule has 0 bridgehead atoms. The molecule has 0 aliphatic carbocycles. The topological polar surface area (TPSA) is 102 Å². The molecule has 4 aromatic rings. The van der Waals surface area contributed by atoms with Gasteiger partial charge in [0.25, 0.3) is 11.8 Å². The first kappa shape index (κ1) is 21.3. The van der Waals surface area contributed by atoms with Crippen molar-refractivity contribution in [3.8, 4) is 11.5 Å². The number of carbonyl (C=O) groups is 3. The highest BCUT2D eigenvalue weighted by molar-refractivity contribution is 6.34. The van der Waals surface area contributed by atoms with Gasteiger partial charge < -0.3 is 9.73 Å². The zero-order valence-corrected chi connectivity index (χ0v) is 18.0. The minimum Gasteiger partial charge on any atom is -0.436 e. The second-order valence-electron chi connectivity index (χ2n) is 7.71. The van der Waals surface area contributed by atoms with Gasteiger partial charge in [-0.2, -0.15) is 0 Å². The molecule has 0 saturated heterocycles. The highest BCUT2D eigenvalue weighted by Crippen LogP contribution is 2.36. The second kappa shape index (κ2) is 8.43. The highest BCUT2D eigenvalue weighted by atomic mass is 19.3. The molecule has 1 aliphatic rings. The maximum Gasteiger partial charge on any atom is 0.379 e. The molecule has 170 valence electrons. The van der Waals surface area contributed by atoms with Crippen LogP contribution >= 0.6 is 0 Å². The van der Waals surface area contributed by atoms with E-state index < -0.39 is 17.8 Å². The largest absolute Gasteiger partial charge is 0.436 e. The first-order valence-electron chi connectivity index (χ1n) is 10.6. The van der Waals surface area contributed by atoms with E-state index in [1.165, 1.54) is 12.1 Å². The summed E-state index contributed by atoms with van der Waals surface area (Å²) in [7, 11) is 0. The number of nitrogens with one attached hydrogen (secondary N) is 1. The molecule has 0 radical (unpaired) electrons. The van der Waals surface area contributed by atoms with Crippen LogP contribution in [-0.4, -0.2) is 29.3 Å². The summed E-state index contributed by atoms with van der Waals surface area (Å²) in [5, 5.41) is 3.31. The van der Waals surface area contributed by atoms with E-state index in [1.54, 1.807) is 24.3 Å². The molecule has 5 rings (SSSR count). The Morgan fingerprint density at radius 1 is 1.03 bits per heavy atom. The van der Waals surface area contributed by atoms with Gasteiger partial charge in [-0.15, -0.1) is 0 Å². The fourth-order valence-corrected chi connectivity index (χ4v) is 3.90. The molecule has 1 aromatic heterocycles. The van der Waals surface area contributed by atoms with E-state index in [0.717, 1.165) is 23.1 Å². The zero-order chi connectivity index (χ0) is 23.8. The van der Waals surface area contributed by atoms with Crippen molar-refractivity contribution in [2.24, 2.45) is 0 Å². The van der Waals surface area contributed by atoms with E-state index in [-0.39, 0.29) is 16.7 Å². The van der Waals surface area contributed by atoms with Crippen LogP contribution in [0.1, 0.15) is 44.4 Å². The Bertz CT molecular complexity index is 1430. The second-order valence-corrected chi connectivity index (χ2v) is 7.71. The Hall–Kier alpha value is -4.53. The van der Waals surface area contributed by atoms with Crippen LogP contribution in [0.4, 0.5) is 15.9 Å². The first-order valence-corrected chi connectivity index (χ1v) is 10.6. The number of hydrogen-bond donors (Lipinski definition) is 1. The van der Waals surface area contributed by atoms with Gasteiger partial charge in [0.1, 0.15) is 5.52 Å². The Morgan fingerprint density at radius 3 is 2.59 bits per heavy atom. The van der Waals surface area contributed by atoms with Crippen molar-refractivity contribution in [3.63, 3.8) is 0 Å². The molecule has 0 fully saturated rings. The third-order valence-electron chi connectivity index (χ3n) is 5.54. The lowest BCUT2D eigenvalue weighted by Gasteiger charge is -2.17. The van der Waals surface area contributed by atoms with E-state index in [0.29, 0.717) is 34.8 Å². The third kappa shape index (κ3) is 3.47. The third-order valence-corrected chi connectivity index (χ3v) is 5.54. The van der Waals surface area contributed by atoms with Crippen LogP contribution in [0.5, 0.6) is 0 Å². The van der Waals surface area contributed by atoms with Gasteiger partial charge in [0, 0.05) is 16.8 Å². The normalized spacial score (nSPS) is 12.8. The highest BCUT2D eigenvalue weighted by Gasteiger charge is 2.37. The number of carbonyl (C=O) groups excluding carboxylic acids is 3. The Kier molecular flexibility index (Phi) is 5.29. The maximum atomic E-state index is 13.1. The number of para-hydroxylation sites is 2. The predicted molar refractivity (Wildman–Crippen MR) is 122 cm³/mol. The number of imide groups is 1. The number of halogens is 1. The van der Waals surface area contributed by atoms with Crippen LogP contribution in [0.25, 0.3) is 22.6 Å². The maximum absolute atomic E-state index is 13.1. The van der Waals surface area contributed by atoms with Gasteiger partial charge in [-0.1, -0.05) is 19.1 Å². The van der Waals surface area contributed by atoms with Crippen LogP contribution in [-0.2, 0) is 4.94 Å². The van der Waals surface area contributed by atoms with E-state index in [1.807, 2.05) is 25.1 Å². The summed E-state index contributed by atoms with van der Waals surface area (Å²) in [5.41, 5.74) is 2.84. The molecule has 1 aliphatic heterocycles. The van der Waals surface area contributed by atoms with Gasteiger partial charge in [-0.3, -0.25) is 9.59 Å². The minimum absolute atomic E-state index is 0.00973. The van der Waals surface area contributed by atoms with Gasteiger partial charge in [-0.25, -0.2) is 19.6 Å². The van der Waals surface area contributed by atoms with Crippen molar-refractivity contribution in [1.29, 1.82) is 0 Å². The Labute approximate surface area is 192 Å².